The fraction of sp³-hybridized carbons (Fsp3) is 0.800. The third kappa shape index (κ3) is 5.96. The molecule has 106 valence electrons. The summed E-state index contributed by atoms with van der Waals surface area (Å²) in [6.07, 6.45) is 6.62. The molecule has 3 heteroatoms. The minimum absolute atomic E-state index is 0.0935. The van der Waals surface area contributed by atoms with E-state index in [9.17, 15) is 4.79 Å². The minimum Gasteiger partial charge on any atom is -0.407 e. The summed E-state index contributed by atoms with van der Waals surface area (Å²) in [6.45, 7) is 14.9. The SMILES string of the molecule is CCCC/C=C/C(=O)[C@H](C)O[Si](C)(C)C(C)(C)C. The van der Waals surface area contributed by atoms with Crippen LogP contribution in [0.15, 0.2) is 12.2 Å². The first-order valence-electron chi connectivity index (χ1n) is 7.00. The molecular weight excluding hydrogens is 240 g/mol. The maximum absolute atomic E-state index is 11.9. The van der Waals surface area contributed by atoms with Crippen molar-refractivity contribution in [3.63, 3.8) is 0 Å². The maximum atomic E-state index is 11.9. The molecule has 0 amide bonds. The average Bonchev–Trinajstić information content (AvgIpc) is 2.21. The van der Waals surface area contributed by atoms with Crippen LogP contribution in [0.3, 0.4) is 0 Å². The second kappa shape index (κ2) is 7.24. The molecule has 18 heavy (non-hydrogen) atoms. The van der Waals surface area contributed by atoms with Gasteiger partial charge in [0.2, 0.25) is 0 Å². The molecule has 0 heterocycles. The normalized spacial score (nSPS) is 15.1. The highest BCUT2D eigenvalue weighted by atomic mass is 28.4. The van der Waals surface area contributed by atoms with Gasteiger partial charge in [-0.15, -0.1) is 0 Å². The minimum atomic E-state index is -1.84. The molecule has 0 aliphatic heterocycles. The smallest absolute Gasteiger partial charge is 0.193 e. The van der Waals surface area contributed by atoms with Crippen LogP contribution >= 0.6 is 0 Å². The molecule has 0 aromatic heterocycles. The molecule has 0 spiro atoms. The van der Waals surface area contributed by atoms with Gasteiger partial charge in [-0.05, 0) is 37.6 Å². The summed E-state index contributed by atoms with van der Waals surface area (Å²) in [7, 11) is -1.84. The Kier molecular flexibility index (Phi) is 7.08. The number of unbranched alkanes of at least 4 members (excludes halogenated alkanes) is 2. The quantitative estimate of drug-likeness (QED) is 0.380. The van der Waals surface area contributed by atoms with Crippen LogP contribution < -0.4 is 0 Å². The molecular formula is C15H30O2Si. The van der Waals surface area contributed by atoms with Gasteiger partial charge in [0.1, 0.15) is 6.10 Å². The molecule has 0 bridgehead atoms. The third-order valence-corrected chi connectivity index (χ3v) is 8.24. The Labute approximate surface area is 114 Å². The van der Waals surface area contributed by atoms with Crippen LogP contribution in [-0.4, -0.2) is 20.2 Å². The predicted molar refractivity (Wildman–Crippen MR) is 81.4 cm³/mol. The molecule has 0 saturated heterocycles. The number of hydrogen-bond donors (Lipinski definition) is 0. The van der Waals surface area contributed by atoms with Crippen molar-refractivity contribution in [1.29, 1.82) is 0 Å². The van der Waals surface area contributed by atoms with Crippen molar-refractivity contribution in [2.75, 3.05) is 0 Å². The zero-order chi connectivity index (χ0) is 14.4. The van der Waals surface area contributed by atoms with Crippen LogP contribution in [0.2, 0.25) is 18.1 Å². The van der Waals surface area contributed by atoms with Gasteiger partial charge in [0.25, 0.3) is 0 Å². The second-order valence-electron chi connectivity index (χ2n) is 6.47. The van der Waals surface area contributed by atoms with Crippen LogP contribution in [-0.2, 0) is 9.22 Å². The van der Waals surface area contributed by atoms with Gasteiger partial charge in [0.15, 0.2) is 14.1 Å². The Bertz CT molecular complexity index is 287. The van der Waals surface area contributed by atoms with Gasteiger partial charge in [-0.2, -0.15) is 0 Å². The molecule has 0 aliphatic carbocycles. The van der Waals surface area contributed by atoms with E-state index in [4.69, 9.17) is 4.43 Å². The summed E-state index contributed by atoms with van der Waals surface area (Å²) < 4.78 is 6.06. The van der Waals surface area contributed by atoms with Crippen molar-refractivity contribution in [1.82, 2.24) is 0 Å². The second-order valence-corrected chi connectivity index (χ2v) is 11.2. The summed E-state index contributed by atoms with van der Waals surface area (Å²) in [4.78, 5) is 11.9. The van der Waals surface area contributed by atoms with Crippen molar-refractivity contribution in [3.8, 4) is 0 Å². The summed E-state index contributed by atoms with van der Waals surface area (Å²) >= 11 is 0. The van der Waals surface area contributed by atoms with E-state index < -0.39 is 8.32 Å². The van der Waals surface area contributed by atoms with Gasteiger partial charge in [0.05, 0.1) is 0 Å². The molecule has 2 nitrogen and oxygen atoms in total. The molecule has 0 fully saturated rings. The van der Waals surface area contributed by atoms with E-state index in [1.165, 1.54) is 0 Å². The van der Waals surface area contributed by atoms with Crippen LogP contribution in [0, 0.1) is 0 Å². The lowest BCUT2D eigenvalue weighted by Crippen LogP contribution is -2.44. The predicted octanol–water partition coefficient (Wildman–Crippen LogP) is 4.71. The van der Waals surface area contributed by atoms with Crippen molar-refractivity contribution in [2.45, 2.75) is 78.1 Å². The summed E-state index contributed by atoms with van der Waals surface area (Å²) in [5.74, 6) is 0.0935. The monoisotopic (exact) mass is 270 g/mol. The van der Waals surface area contributed by atoms with Crippen molar-refractivity contribution >= 4 is 14.1 Å². The van der Waals surface area contributed by atoms with Gasteiger partial charge in [-0.3, -0.25) is 4.79 Å². The van der Waals surface area contributed by atoms with Gasteiger partial charge in [-0.25, -0.2) is 0 Å². The number of allylic oxidation sites excluding steroid dienone is 1. The van der Waals surface area contributed by atoms with E-state index in [1.807, 2.05) is 13.0 Å². The number of carbonyl (C=O) groups excluding carboxylic acids is 1. The van der Waals surface area contributed by atoms with E-state index in [0.29, 0.717) is 0 Å². The largest absolute Gasteiger partial charge is 0.407 e. The fourth-order valence-electron chi connectivity index (χ4n) is 1.33. The molecule has 0 N–H and O–H groups in total. The van der Waals surface area contributed by atoms with E-state index in [-0.39, 0.29) is 16.9 Å². The highest BCUT2D eigenvalue weighted by Gasteiger charge is 2.39. The lowest BCUT2D eigenvalue weighted by Gasteiger charge is -2.37. The highest BCUT2D eigenvalue weighted by molar-refractivity contribution is 6.74. The Morgan fingerprint density at radius 1 is 1.33 bits per heavy atom. The highest BCUT2D eigenvalue weighted by Crippen LogP contribution is 2.37. The van der Waals surface area contributed by atoms with Crippen molar-refractivity contribution in [2.24, 2.45) is 0 Å². The van der Waals surface area contributed by atoms with E-state index in [1.54, 1.807) is 6.08 Å². The van der Waals surface area contributed by atoms with Crippen LogP contribution in [0.25, 0.3) is 0 Å². The lowest BCUT2D eigenvalue weighted by molar-refractivity contribution is -0.120. The Hall–Kier alpha value is -0.413. The Morgan fingerprint density at radius 3 is 2.33 bits per heavy atom. The first-order valence-corrected chi connectivity index (χ1v) is 9.91. The third-order valence-electron chi connectivity index (χ3n) is 3.68. The van der Waals surface area contributed by atoms with E-state index >= 15 is 0 Å². The maximum Gasteiger partial charge on any atom is 0.193 e. The number of hydrogen-bond acceptors (Lipinski definition) is 2. The van der Waals surface area contributed by atoms with Crippen molar-refractivity contribution in [3.05, 3.63) is 12.2 Å². The van der Waals surface area contributed by atoms with Crippen LogP contribution in [0.5, 0.6) is 0 Å². The summed E-state index contributed by atoms with van der Waals surface area (Å²) in [6, 6.07) is 0. The molecule has 0 aromatic carbocycles. The van der Waals surface area contributed by atoms with Crippen molar-refractivity contribution < 1.29 is 9.22 Å². The molecule has 0 unspecified atom stereocenters. The number of ketones is 1. The summed E-state index contributed by atoms with van der Waals surface area (Å²) in [5.41, 5.74) is 0. The first-order chi connectivity index (χ1) is 8.12. The summed E-state index contributed by atoms with van der Waals surface area (Å²) in [5, 5.41) is 0.146. The van der Waals surface area contributed by atoms with Crippen LogP contribution in [0.4, 0.5) is 0 Å². The molecule has 0 saturated carbocycles. The first kappa shape index (κ1) is 17.6. The molecule has 0 rings (SSSR count). The Morgan fingerprint density at radius 2 is 1.89 bits per heavy atom. The Balaban J connectivity index is 4.36. The van der Waals surface area contributed by atoms with Crippen LogP contribution in [0.1, 0.15) is 53.9 Å². The molecule has 1 atom stereocenters. The van der Waals surface area contributed by atoms with E-state index in [0.717, 1.165) is 19.3 Å². The molecule has 0 aliphatic rings. The fourth-order valence-corrected chi connectivity index (χ4v) is 2.69. The average molecular weight is 270 g/mol. The van der Waals surface area contributed by atoms with Gasteiger partial charge >= 0.3 is 0 Å². The lowest BCUT2D eigenvalue weighted by atomic mass is 10.2. The molecule has 0 aromatic rings. The standard InChI is InChI=1S/C15H30O2Si/c1-8-9-10-11-12-14(16)13(2)17-18(6,7)15(3,4)5/h11-13H,8-10H2,1-7H3/b12-11+/t13-/m0/s1. The topological polar surface area (TPSA) is 26.3 Å². The van der Waals surface area contributed by atoms with Gasteiger partial charge in [0, 0.05) is 0 Å². The number of carbonyl (C=O) groups is 1. The number of rotatable bonds is 7. The van der Waals surface area contributed by atoms with E-state index in [2.05, 4.69) is 40.8 Å². The zero-order valence-corrected chi connectivity index (χ0v) is 14.2. The van der Waals surface area contributed by atoms with Gasteiger partial charge < -0.3 is 4.43 Å². The zero-order valence-electron chi connectivity index (χ0n) is 13.2. The van der Waals surface area contributed by atoms with Gasteiger partial charge in [-0.1, -0.05) is 46.6 Å². The molecule has 0 radical (unpaired) electrons.